The zero-order chi connectivity index (χ0) is 27.2. The van der Waals surface area contributed by atoms with Gasteiger partial charge in [0.2, 0.25) is 5.91 Å². The number of aromatic nitrogens is 2. The lowest BCUT2D eigenvalue weighted by Crippen LogP contribution is -2.46. The lowest BCUT2D eigenvalue weighted by molar-refractivity contribution is -0.138. The van der Waals surface area contributed by atoms with Crippen LogP contribution in [0.3, 0.4) is 0 Å². The van der Waals surface area contributed by atoms with Crippen LogP contribution in [0.15, 0.2) is 24.3 Å². The highest BCUT2D eigenvalue weighted by Gasteiger charge is 2.40. The number of nitrogens with one attached hydrogen (secondary N) is 1. The Balaban J connectivity index is 1.57. The molecule has 1 saturated heterocycles. The smallest absolute Gasteiger partial charge is 0.266 e. The normalized spacial score (nSPS) is 17.4. The molecule has 1 atom stereocenters. The maximum atomic E-state index is 14.9. The summed E-state index contributed by atoms with van der Waals surface area (Å²) in [5, 5.41) is 24.7. The van der Waals surface area contributed by atoms with Crippen LogP contribution in [0.5, 0.6) is 5.75 Å². The van der Waals surface area contributed by atoms with Gasteiger partial charge in [0.15, 0.2) is 0 Å². The minimum absolute atomic E-state index is 0.0801. The molecule has 3 heterocycles. The molecule has 0 unspecified atom stereocenters. The number of carbonyl (C=O) groups excluding carboxylic acids is 1. The van der Waals surface area contributed by atoms with Crippen molar-refractivity contribution < 1.29 is 32.9 Å². The van der Waals surface area contributed by atoms with E-state index in [-0.39, 0.29) is 37.4 Å². The van der Waals surface area contributed by atoms with Gasteiger partial charge in [-0.25, -0.2) is 23.1 Å². The minimum Gasteiger partial charge on any atom is -0.492 e. The zero-order valence-electron chi connectivity index (χ0n) is 21.1. The monoisotopic (exact) mass is 530 g/mol. The number of amides is 1. The van der Waals surface area contributed by atoms with E-state index in [0.29, 0.717) is 46.9 Å². The number of hydrogen-bond acceptors (Lipinski definition) is 7. The predicted molar refractivity (Wildman–Crippen MR) is 134 cm³/mol. The van der Waals surface area contributed by atoms with Gasteiger partial charge in [0.25, 0.3) is 6.43 Å². The quantitative estimate of drug-likeness (QED) is 0.443. The van der Waals surface area contributed by atoms with Crippen molar-refractivity contribution in [2.45, 2.75) is 51.2 Å². The number of anilines is 1. The summed E-state index contributed by atoms with van der Waals surface area (Å²) in [4.78, 5) is 22.6. The fourth-order valence-corrected chi connectivity index (χ4v) is 5.39. The fourth-order valence-electron chi connectivity index (χ4n) is 5.39. The van der Waals surface area contributed by atoms with Gasteiger partial charge < -0.3 is 25.2 Å². The number of likely N-dealkylation sites (tertiary alicyclic amines) is 1. The highest BCUT2D eigenvalue weighted by atomic mass is 19.3. The first kappa shape index (κ1) is 26.2. The molecule has 0 saturated carbocycles. The molecule has 1 amide bonds. The Labute approximate surface area is 217 Å². The number of aliphatic hydroxyl groups is 2. The van der Waals surface area contributed by atoms with Crippen molar-refractivity contribution in [3.05, 3.63) is 58.2 Å². The summed E-state index contributed by atoms with van der Waals surface area (Å²) in [6, 6.07) is 4.98. The van der Waals surface area contributed by atoms with Gasteiger partial charge in [0, 0.05) is 41.6 Å². The molecule has 38 heavy (non-hydrogen) atoms. The maximum absolute atomic E-state index is 14.9. The third-order valence-corrected chi connectivity index (χ3v) is 7.44. The molecule has 202 valence electrons. The summed E-state index contributed by atoms with van der Waals surface area (Å²) in [6.07, 6.45) is -1.87. The van der Waals surface area contributed by atoms with Crippen LogP contribution >= 0.6 is 0 Å². The molecule has 0 bridgehead atoms. The van der Waals surface area contributed by atoms with Gasteiger partial charge >= 0.3 is 0 Å². The number of benzene rings is 2. The molecule has 1 fully saturated rings. The highest BCUT2D eigenvalue weighted by Crippen LogP contribution is 2.46. The number of aliphatic hydroxyl groups excluding tert-OH is 1. The van der Waals surface area contributed by atoms with E-state index >= 15 is 0 Å². The third kappa shape index (κ3) is 4.54. The number of hydrogen-bond donors (Lipinski definition) is 3. The van der Waals surface area contributed by atoms with Gasteiger partial charge in [-0.2, -0.15) is 0 Å². The largest absolute Gasteiger partial charge is 0.492 e. The van der Waals surface area contributed by atoms with Crippen LogP contribution in [0.1, 0.15) is 60.3 Å². The van der Waals surface area contributed by atoms with Gasteiger partial charge in [0.05, 0.1) is 29.3 Å². The Bertz CT molecular complexity index is 1390. The SMILES string of the molecule is Cc1nc(N[C@H](C)c2cccc(C(F)F)c2F)c2cc(C3(O)CCN(C(=O)CO)CC3)c3c(c2n1)CCO3. The third-order valence-electron chi connectivity index (χ3n) is 7.44. The van der Waals surface area contributed by atoms with Crippen molar-refractivity contribution in [2.24, 2.45) is 0 Å². The Kier molecular flexibility index (Phi) is 6.91. The summed E-state index contributed by atoms with van der Waals surface area (Å²) < 4.78 is 47.4. The molecule has 3 aromatic rings. The fraction of sp³-hybridized carbons (Fsp3) is 0.444. The number of nitrogens with zero attached hydrogens (tertiary/aromatic N) is 3. The van der Waals surface area contributed by atoms with Gasteiger partial charge in [0.1, 0.15) is 29.8 Å². The van der Waals surface area contributed by atoms with Gasteiger partial charge in [-0.05, 0) is 32.8 Å². The molecule has 11 heteroatoms. The average molecular weight is 531 g/mol. The van der Waals surface area contributed by atoms with Crippen LogP contribution in [-0.2, 0) is 16.8 Å². The van der Waals surface area contributed by atoms with Gasteiger partial charge in [-0.3, -0.25) is 4.79 Å². The molecule has 1 aromatic heterocycles. The molecular formula is C27H29F3N4O4. The molecule has 2 aromatic carbocycles. The first-order valence-electron chi connectivity index (χ1n) is 12.5. The van der Waals surface area contributed by atoms with Crippen molar-refractivity contribution in [1.29, 1.82) is 0 Å². The molecule has 0 radical (unpaired) electrons. The van der Waals surface area contributed by atoms with E-state index in [1.54, 1.807) is 19.9 Å². The second-order valence-electron chi connectivity index (χ2n) is 9.83. The van der Waals surface area contributed by atoms with Crippen molar-refractivity contribution in [1.82, 2.24) is 14.9 Å². The van der Waals surface area contributed by atoms with Gasteiger partial charge in [-0.1, -0.05) is 18.2 Å². The lowest BCUT2D eigenvalue weighted by atomic mass is 9.82. The van der Waals surface area contributed by atoms with Crippen molar-refractivity contribution >= 4 is 22.6 Å². The number of aryl methyl sites for hydroxylation is 1. The van der Waals surface area contributed by atoms with Gasteiger partial charge in [-0.15, -0.1) is 0 Å². The Morgan fingerprint density at radius 3 is 2.63 bits per heavy atom. The van der Waals surface area contributed by atoms with Crippen molar-refractivity contribution in [3.63, 3.8) is 0 Å². The molecule has 5 rings (SSSR count). The molecule has 3 N–H and O–H groups in total. The Morgan fingerprint density at radius 1 is 1.24 bits per heavy atom. The molecule has 0 aliphatic carbocycles. The van der Waals surface area contributed by atoms with E-state index in [9.17, 15) is 28.2 Å². The number of fused-ring (bicyclic) bond motifs is 3. The van der Waals surface area contributed by atoms with Crippen LogP contribution < -0.4 is 10.1 Å². The maximum Gasteiger partial charge on any atom is 0.266 e. The summed E-state index contributed by atoms with van der Waals surface area (Å²) in [5.74, 6) is 0.0555. The number of ether oxygens (including phenoxy) is 1. The molecule has 2 aliphatic heterocycles. The number of halogens is 3. The summed E-state index contributed by atoms with van der Waals surface area (Å²) in [7, 11) is 0. The Hall–Kier alpha value is -3.44. The van der Waals surface area contributed by atoms with E-state index in [1.807, 2.05) is 0 Å². The van der Waals surface area contributed by atoms with Crippen LogP contribution in [0.2, 0.25) is 0 Å². The van der Waals surface area contributed by atoms with E-state index in [1.165, 1.54) is 17.0 Å². The topological polar surface area (TPSA) is 108 Å². The highest BCUT2D eigenvalue weighted by molar-refractivity contribution is 5.94. The number of carbonyl (C=O) groups is 1. The summed E-state index contributed by atoms with van der Waals surface area (Å²) in [5.41, 5.74) is 0.151. The number of piperidine rings is 1. The molecular weight excluding hydrogens is 501 g/mol. The Morgan fingerprint density at radius 2 is 1.95 bits per heavy atom. The lowest BCUT2D eigenvalue weighted by Gasteiger charge is -2.39. The second-order valence-corrected chi connectivity index (χ2v) is 9.83. The molecule has 2 aliphatic rings. The van der Waals surface area contributed by atoms with E-state index in [0.717, 1.165) is 11.6 Å². The van der Waals surface area contributed by atoms with Crippen molar-refractivity contribution in [3.8, 4) is 5.75 Å². The van der Waals surface area contributed by atoms with Crippen LogP contribution in [0.25, 0.3) is 10.9 Å². The molecule has 8 nitrogen and oxygen atoms in total. The van der Waals surface area contributed by atoms with E-state index in [4.69, 9.17) is 4.74 Å². The standard InChI is InChI=1S/C27H29F3N4O4/c1-14(16-4-3-5-17(22(16)28)25(29)30)31-26-19-12-20(27(37)7-9-34(10-8-27)21(36)13-35)24-18(6-11-38-24)23(19)32-15(2)33-26/h3-5,12,14,25,35,37H,6-11,13H2,1-2H3,(H,31,32,33)/t14-/m1/s1. The first-order valence-corrected chi connectivity index (χ1v) is 12.5. The number of alkyl halides is 2. The number of rotatable bonds is 6. The second kappa shape index (κ2) is 10.0. The van der Waals surface area contributed by atoms with Crippen LogP contribution in [0, 0.1) is 12.7 Å². The first-order chi connectivity index (χ1) is 18.1. The zero-order valence-corrected chi connectivity index (χ0v) is 21.1. The van der Waals surface area contributed by atoms with E-state index in [2.05, 4.69) is 15.3 Å². The average Bonchev–Trinajstić information content (AvgIpc) is 3.38. The minimum atomic E-state index is -2.94. The van der Waals surface area contributed by atoms with Crippen LogP contribution in [0.4, 0.5) is 19.0 Å². The summed E-state index contributed by atoms with van der Waals surface area (Å²) >= 11 is 0. The van der Waals surface area contributed by atoms with Crippen molar-refractivity contribution in [2.75, 3.05) is 31.6 Å². The summed E-state index contributed by atoms with van der Waals surface area (Å²) in [6.45, 7) is 3.77. The van der Waals surface area contributed by atoms with Crippen LogP contribution in [-0.4, -0.2) is 57.3 Å². The predicted octanol–water partition coefficient (Wildman–Crippen LogP) is 3.93. The van der Waals surface area contributed by atoms with E-state index < -0.39 is 36.1 Å². The molecule has 0 spiro atoms.